The molecular formula is C23H26N6O. The van der Waals surface area contributed by atoms with Crippen LogP contribution in [0.3, 0.4) is 0 Å². The van der Waals surface area contributed by atoms with Crippen molar-refractivity contribution in [2.45, 2.75) is 32.2 Å². The van der Waals surface area contributed by atoms with Crippen LogP contribution in [0.2, 0.25) is 0 Å². The lowest BCUT2D eigenvalue weighted by atomic mass is 9.97. The summed E-state index contributed by atoms with van der Waals surface area (Å²) >= 11 is 0. The van der Waals surface area contributed by atoms with Crippen LogP contribution in [0.5, 0.6) is 0 Å². The van der Waals surface area contributed by atoms with Crippen molar-refractivity contribution in [3.8, 4) is 0 Å². The number of benzene rings is 1. The molecule has 7 heteroatoms. The summed E-state index contributed by atoms with van der Waals surface area (Å²) in [6.07, 6.45) is 10.1. The average Bonchev–Trinajstić information content (AvgIpc) is 3.32. The third-order valence-electron chi connectivity index (χ3n) is 6.07. The zero-order valence-corrected chi connectivity index (χ0v) is 17.1. The van der Waals surface area contributed by atoms with Crippen LogP contribution in [0, 0.1) is 0 Å². The van der Waals surface area contributed by atoms with E-state index in [1.165, 1.54) is 18.4 Å². The quantitative estimate of drug-likeness (QED) is 0.671. The van der Waals surface area contributed by atoms with Crippen LogP contribution in [0.4, 0.5) is 5.82 Å². The van der Waals surface area contributed by atoms with Gasteiger partial charge in [0, 0.05) is 50.7 Å². The van der Waals surface area contributed by atoms with Crippen LogP contribution in [0.15, 0.2) is 49.1 Å². The van der Waals surface area contributed by atoms with E-state index in [1.807, 2.05) is 39.9 Å². The summed E-state index contributed by atoms with van der Waals surface area (Å²) in [5, 5.41) is 8.90. The molecule has 2 aliphatic rings. The molecule has 1 aliphatic heterocycles. The Labute approximate surface area is 176 Å². The van der Waals surface area contributed by atoms with Crippen LogP contribution >= 0.6 is 0 Å². The fourth-order valence-corrected chi connectivity index (χ4v) is 4.30. The van der Waals surface area contributed by atoms with E-state index in [4.69, 9.17) is 0 Å². The normalized spacial score (nSPS) is 16.4. The van der Waals surface area contributed by atoms with Gasteiger partial charge in [0.15, 0.2) is 5.82 Å². The number of carbonyl (C=O) groups excluding carboxylic acids is 1. The molecule has 0 radical (unpaired) electrons. The first-order valence-corrected chi connectivity index (χ1v) is 10.7. The molecule has 5 rings (SSSR count). The SMILES string of the molecule is O=C(c1ccc(Cn2ccnc2)cc1)N1CCN(c2cc3c(nn2)CCCC3)CC1. The maximum absolute atomic E-state index is 12.9. The van der Waals surface area contributed by atoms with E-state index in [9.17, 15) is 4.79 Å². The number of nitrogens with zero attached hydrogens (tertiary/aromatic N) is 6. The first kappa shape index (κ1) is 18.8. The van der Waals surface area contributed by atoms with E-state index in [2.05, 4.69) is 26.1 Å². The Bertz CT molecular complexity index is 1010. The summed E-state index contributed by atoms with van der Waals surface area (Å²) in [6.45, 7) is 3.74. The molecule has 1 aromatic carbocycles. The molecular weight excluding hydrogens is 376 g/mol. The number of carbonyl (C=O) groups is 1. The number of fused-ring (bicyclic) bond motifs is 1. The van der Waals surface area contributed by atoms with E-state index in [0.717, 1.165) is 55.1 Å². The predicted octanol–water partition coefficient (Wildman–Crippen LogP) is 2.56. The number of anilines is 1. The van der Waals surface area contributed by atoms with Crippen molar-refractivity contribution in [1.29, 1.82) is 0 Å². The maximum atomic E-state index is 12.9. The molecule has 0 bridgehead atoms. The van der Waals surface area contributed by atoms with Gasteiger partial charge in [0.1, 0.15) is 0 Å². The van der Waals surface area contributed by atoms with E-state index in [-0.39, 0.29) is 5.91 Å². The highest BCUT2D eigenvalue weighted by atomic mass is 16.2. The van der Waals surface area contributed by atoms with Crippen LogP contribution in [0.25, 0.3) is 0 Å². The zero-order chi connectivity index (χ0) is 20.3. The van der Waals surface area contributed by atoms with Crippen molar-refractivity contribution in [3.05, 3.63) is 71.4 Å². The Kier molecular flexibility index (Phi) is 5.17. The third-order valence-corrected chi connectivity index (χ3v) is 6.07. The second-order valence-electron chi connectivity index (χ2n) is 8.09. The summed E-state index contributed by atoms with van der Waals surface area (Å²) in [5.74, 6) is 1.05. The summed E-state index contributed by atoms with van der Waals surface area (Å²) in [4.78, 5) is 21.2. The Morgan fingerprint density at radius 2 is 1.77 bits per heavy atom. The minimum Gasteiger partial charge on any atom is -0.352 e. The summed E-state index contributed by atoms with van der Waals surface area (Å²) in [5.41, 5.74) is 4.41. The van der Waals surface area contributed by atoms with Gasteiger partial charge < -0.3 is 14.4 Å². The van der Waals surface area contributed by atoms with Gasteiger partial charge in [-0.3, -0.25) is 4.79 Å². The Morgan fingerprint density at radius 3 is 2.53 bits per heavy atom. The minimum atomic E-state index is 0.0976. The molecule has 1 amide bonds. The van der Waals surface area contributed by atoms with Gasteiger partial charge in [0.05, 0.1) is 12.0 Å². The number of aromatic nitrogens is 4. The highest BCUT2D eigenvalue weighted by Gasteiger charge is 2.24. The van der Waals surface area contributed by atoms with Crippen molar-refractivity contribution >= 4 is 11.7 Å². The van der Waals surface area contributed by atoms with Gasteiger partial charge in [0.25, 0.3) is 5.91 Å². The van der Waals surface area contributed by atoms with E-state index in [0.29, 0.717) is 13.1 Å². The minimum absolute atomic E-state index is 0.0976. The summed E-state index contributed by atoms with van der Waals surface area (Å²) in [7, 11) is 0. The van der Waals surface area contributed by atoms with Gasteiger partial charge in [0.2, 0.25) is 0 Å². The van der Waals surface area contributed by atoms with Crippen molar-refractivity contribution in [1.82, 2.24) is 24.6 Å². The molecule has 2 aromatic heterocycles. The predicted molar refractivity (Wildman–Crippen MR) is 115 cm³/mol. The largest absolute Gasteiger partial charge is 0.352 e. The Balaban J connectivity index is 1.19. The smallest absolute Gasteiger partial charge is 0.253 e. The van der Waals surface area contributed by atoms with Crippen LogP contribution < -0.4 is 4.90 Å². The number of imidazole rings is 1. The topological polar surface area (TPSA) is 67.2 Å². The van der Waals surface area contributed by atoms with Crippen molar-refractivity contribution in [2.24, 2.45) is 0 Å². The highest BCUT2D eigenvalue weighted by Crippen LogP contribution is 2.23. The van der Waals surface area contributed by atoms with E-state index in [1.54, 1.807) is 12.5 Å². The molecule has 1 aliphatic carbocycles. The first-order chi connectivity index (χ1) is 14.8. The maximum Gasteiger partial charge on any atom is 0.253 e. The number of amides is 1. The Morgan fingerprint density at radius 1 is 0.967 bits per heavy atom. The van der Waals surface area contributed by atoms with Gasteiger partial charge in [-0.1, -0.05) is 12.1 Å². The van der Waals surface area contributed by atoms with E-state index < -0.39 is 0 Å². The number of piperazine rings is 1. The summed E-state index contributed by atoms with van der Waals surface area (Å²) < 4.78 is 2.01. The van der Waals surface area contributed by atoms with Crippen LogP contribution in [-0.2, 0) is 19.4 Å². The standard InChI is InChI=1S/C23H26N6O/c30-23(19-7-5-18(6-8-19)16-27-10-9-24-17-27)29-13-11-28(12-14-29)22-15-20-3-1-2-4-21(20)25-26-22/h5-10,15,17H,1-4,11-14,16H2. The zero-order valence-electron chi connectivity index (χ0n) is 17.1. The monoisotopic (exact) mass is 402 g/mol. The molecule has 0 N–H and O–H groups in total. The molecule has 3 heterocycles. The summed E-state index contributed by atoms with van der Waals surface area (Å²) in [6, 6.07) is 10.1. The van der Waals surface area contributed by atoms with Crippen molar-refractivity contribution in [3.63, 3.8) is 0 Å². The average molecular weight is 403 g/mol. The fourth-order valence-electron chi connectivity index (χ4n) is 4.30. The van der Waals surface area contributed by atoms with E-state index >= 15 is 0 Å². The third kappa shape index (κ3) is 3.92. The molecule has 0 saturated carbocycles. The van der Waals surface area contributed by atoms with Gasteiger partial charge in [-0.05, 0) is 55.0 Å². The fraction of sp³-hybridized carbons (Fsp3) is 0.391. The molecule has 154 valence electrons. The highest BCUT2D eigenvalue weighted by molar-refractivity contribution is 5.94. The van der Waals surface area contributed by atoms with Gasteiger partial charge in [-0.15, -0.1) is 5.10 Å². The number of rotatable bonds is 4. The lowest BCUT2D eigenvalue weighted by molar-refractivity contribution is 0.0746. The lowest BCUT2D eigenvalue weighted by Crippen LogP contribution is -2.49. The molecule has 0 atom stereocenters. The molecule has 30 heavy (non-hydrogen) atoms. The van der Waals surface area contributed by atoms with Gasteiger partial charge in [-0.25, -0.2) is 4.98 Å². The Hall–Kier alpha value is -3.22. The molecule has 3 aromatic rings. The van der Waals surface area contributed by atoms with Gasteiger partial charge >= 0.3 is 0 Å². The number of hydrogen-bond donors (Lipinski definition) is 0. The number of aryl methyl sites for hydroxylation is 2. The van der Waals surface area contributed by atoms with Crippen LogP contribution in [0.1, 0.15) is 40.0 Å². The molecule has 0 unspecified atom stereocenters. The lowest BCUT2D eigenvalue weighted by Gasteiger charge is -2.35. The van der Waals surface area contributed by atoms with Crippen molar-refractivity contribution in [2.75, 3.05) is 31.1 Å². The van der Waals surface area contributed by atoms with Crippen molar-refractivity contribution < 1.29 is 4.79 Å². The van der Waals surface area contributed by atoms with Crippen LogP contribution in [-0.4, -0.2) is 56.7 Å². The molecule has 1 fully saturated rings. The first-order valence-electron chi connectivity index (χ1n) is 10.7. The second-order valence-corrected chi connectivity index (χ2v) is 8.09. The molecule has 1 saturated heterocycles. The molecule has 0 spiro atoms. The molecule has 7 nitrogen and oxygen atoms in total. The number of hydrogen-bond acceptors (Lipinski definition) is 5. The van der Waals surface area contributed by atoms with Gasteiger partial charge in [-0.2, -0.15) is 5.10 Å². The second kappa shape index (κ2) is 8.26.